The van der Waals surface area contributed by atoms with Crippen LogP contribution in [-0.4, -0.2) is 29.8 Å². The highest BCUT2D eigenvalue weighted by molar-refractivity contribution is 7.18. The Morgan fingerprint density at radius 1 is 0.968 bits per heavy atom. The predicted molar refractivity (Wildman–Crippen MR) is 119 cm³/mol. The highest BCUT2D eigenvalue weighted by Gasteiger charge is 2.12. The summed E-state index contributed by atoms with van der Waals surface area (Å²) in [5.41, 5.74) is 2.45. The minimum Gasteiger partial charge on any atom is -0.486 e. The van der Waals surface area contributed by atoms with Crippen molar-refractivity contribution in [3.63, 3.8) is 0 Å². The predicted octanol–water partition coefficient (Wildman–Crippen LogP) is 4.41. The lowest BCUT2D eigenvalue weighted by molar-refractivity contribution is -0.125. The molecule has 0 saturated carbocycles. The molecule has 1 heterocycles. The van der Waals surface area contributed by atoms with Gasteiger partial charge in [0.25, 0.3) is 0 Å². The van der Waals surface area contributed by atoms with E-state index in [4.69, 9.17) is 4.74 Å². The number of rotatable bonds is 8. The van der Waals surface area contributed by atoms with E-state index in [1.165, 1.54) is 23.5 Å². The van der Waals surface area contributed by atoms with E-state index in [1.807, 2.05) is 42.5 Å². The van der Waals surface area contributed by atoms with Gasteiger partial charge in [-0.1, -0.05) is 36.4 Å². The first kappa shape index (κ1) is 20.7. The first-order valence-electron chi connectivity index (χ1n) is 9.68. The molecular weight excluding hydrogens is 415 g/mol. The molecule has 1 N–H and O–H groups in total. The number of ketones is 1. The van der Waals surface area contributed by atoms with Crippen molar-refractivity contribution in [1.29, 1.82) is 0 Å². The number of carbonyl (C=O) groups is 2. The molecule has 5 nitrogen and oxygen atoms in total. The number of halogens is 1. The van der Waals surface area contributed by atoms with Crippen molar-refractivity contribution < 1.29 is 18.7 Å². The third-order valence-corrected chi connectivity index (χ3v) is 5.55. The zero-order valence-electron chi connectivity index (χ0n) is 16.5. The van der Waals surface area contributed by atoms with Crippen LogP contribution < -0.4 is 10.1 Å². The third-order valence-electron chi connectivity index (χ3n) is 4.53. The van der Waals surface area contributed by atoms with Crippen LogP contribution in [0.2, 0.25) is 0 Å². The molecule has 3 aromatic carbocycles. The fraction of sp³-hybridized carbons (Fsp3) is 0.125. The van der Waals surface area contributed by atoms with Gasteiger partial charge in [0, 0.05) is 0 Å². The van der Waals surface area contributed by atoms with Gasteiger partial charge in [-0.3, -0.25) is 9.59 Å². The molecule has 4 rings (SSSR count). The van der Waals surface area contributed by atoms with Crippen LogP contribution in [0, 0.1) is 5.82 Å². The van der Waals surface area contributed by atoms with Gasteiger partial charge >= 0.3 is 0 Å². The molecular formula is C24H19FN2O3S. The number of thiazole rings is 1. The van der Waals surface area contributed by atoms with Crippen molar-refractivity contribution in [1.82, 2.24) is 10.3 Å². The van der Waals surface area contributed by atoms with Crippen LogP contribution in [0.1, 0.15) is 5.01 Å². The minimum absolute atomic E-state index is 0.0848. The van der Waals surface area contributed by atoms with Gasteiger partial charge in [-0.05, 0) is 47.5 Å². The minimum atomic E-state index is -0.289. The van der Waals surface area contributed by atoms with E-state index in [1.54, 1.807) is 18.2 Å². The fourth-order valence-corrected chi connectivity index (χ4v) is 4.03. The largest absolute Gasteiger partial charge is 0.486 e. The maximum atomic E-state index is 13.5. The smallest absolute Gasteiger partial charge is 0.227 e. The molecule has 1 aromatic heterocycles. The standard InChI is InChI=1S/C24H19FN2O3S/c25-18-6-4-5-16(11-18)17-9-10-21-22(12-17)31-24(27-21)13-23(29)26-14-19(28)15-30-20-7-2-1-3-8-20/h1-12H,13-15H2,(H,26,29). The number of fused-ring (bicyclic) bond motifs is 1. The molecule has 0 bridgehead atoms. The van der Waals surface area contributed by atoms with Gasteiger partial charge in [-0.15, -0.1) is 11.3 Å². The first-order valence-corrected chi connectivity index (χ1v) is 10.5. The SMILES string of the molecule is O=C(CNC(=O)Cc1nc2ccc(-c3cccc(F)c3)cc2s1)COc1ccccc1. The van der Waals surface area contributed by atoms with Gasteiger partial charge in [0.05, 0.1) is 23.2 Å². The normalized spacial score (nSPS) is 10.7. The van der Waals surface area contributed by atoms with E-state index in [9.17, 15) is 14.0 Å². The summed E-state index contributed by atoms with van der Waals surface area (Å²) in [6, 6.07) is 21.1. The Morgan fingerprint density at radius 3 is 2.58 bits per heavy atom. The molecule has 1 amide bonds. The Bertz CT molecular complexity index is 1220. The summed E-state index contributed by atoms with van der Waals surface area (Å²) < 4.78 is 19.8. The second kappa shape index (κ2) is 9.49. The maximum Gasteiger partial charge on any atom is 0.227 e. The summed E-state index contributed by atoms with van der Waals surface area (Å²) >= 11 is 1.41. The van der Waals surface area contributed by atoms with E-state index in [0.29, 0.717) is 10.8 Å². The number of amides is 1. The Kier molecular flexibility index (Phi) is 6.33. The Hall–Kier alpha value is -3.58. The van der Waals surface area contributed by atoms with Crippen LogP contribution in [0.3, 0.4) is 0 Å². The number of nitrogens with one attached hydrogen (secondary N) is 1. The number of nitrogens with zero attached hydrogens (tertiary/aromatic N) is 1. The average Bonchev–Trinajstić information content (AvgIpc) is 3.18. The van der Waals surface area contributed by atoms with Crippen LogP contribution in [0.15, 0.2) is 72.8 Å². The Morgan fingerprint density at radius 2 is 1.77 bits per heavy atom. The maximum absolute atomic E-state index is 13.5. The molecule has 0 unspecified atom stereocenters. The Labute approximate surface area is 182 Å². The van der Waals surface area contributed by atoms with Crippen molar-refractivity contribution in [2.75, 3.05) is 13.2 Å². The number of hydrogen-bond donors (Lipinski definition) is 1. The molecule has 4 aromatic rings. The summed E-state index contributed by atoms with van der Waals surface area (Å²) in [5, 5.41) is 3.26. The van der Waals surface area contributed by atoms with E-state index in [0.717, 1.165) is 21.3 Å². The van der Waals surface area contributed by atoms with Gasteiger partial charge < -0.3 is 10.1 Å². The van der Waals surface area contributed by atoms with Crippen LogP contribution >= 0.6 is 11.3 Å². The molecule has 0 saturated heterocycles. The average molecular weight is 434 g/mol. The number of hydrogen-bond acceptors (Lipinski definition) is 5. The molecule has 0 radical (unpaired) electrons. The van der Waals surface area contributed by atoms with Crippen molar-refractivity contribution in [3.05, 3.63) is 83.6 Å². The highest BCUT2D eigenvalue weighted by Crippen LogP contribution is 2.28. The first-order chi connectivity index (χ1) is 15.1. The van der Waals surface area contributed by atoms with Crippen molar-refractivity contribution in [3.8, 4) is 16.9 Å². The monoisotopic (exact) mass is 434 g/mol. The van der Waals surface area contributed by atoms with Crippen molar-refractivity contribution in [2.24, 2.45) is 0 Å². The molecule has 7 heteroatoms. The second-order valence-corrected chi connectivity index (χ2v) is 8.01. The molecule has 156 valence electrons. The summed E-state index contributed by atoms with van der Waals surface area (Å²) in [7, 11) is 0. The van der Waals surface area contributed by atoms with Crippen LogP contribution in [0.5, 0.6) is 5.75 Å². The van der Waals surface area contributed by atoms with Crippen LogP contribution in [0.25, 0.3) is 21.3 Å². The van der Waals surface area contributed by atoms with E-state index in [2.05, 4.69) is 10.3 Å². The number of Topliss-reactive ketones (excluding diaryl/α,β-unsaturated/α-hetero) is 1. The third kappa shape index (κ3) is 5.52. The summed E-state index contributed by atoms with van der Waals surface area (Å²) in [6.45, 7) is -0.200. The van der Waals surface area contributed by atoms with E-state index < -0.39 is 0 Å². The molecule has 0 aliphatic carbocycles. The lowest BCUT2D eigenvalue weighted by Crippen LogP contribution is -2.33. The molecule has 0 aliphatic rings. The molecule has 0 fully saturated rings. The Balaban J connectivity index is 1.32. The highest BCUT2D eigenvalue weighted by atomic mass is 32.1. The molecule has 0 spiro atoms. The van der Waals surface area contributed by atoms with Crippen molar-refractivity contribution >= 4 is 33.2 Å². The molecule has 31 heavy (non-hydrogen) atoms. The van der Waals surface area contributed by atoms with E-state index in [-0.39, 0.29) is 37.1 Å². The van der Waals surface area contributed by atoms with Gasteiger partial charge in [0.1, 0.15) is 23.2 Å². The van der Waals surface area contributed by atoms with Gasteiger partial charge in [0.15, 0.2) is 5.78 Å². The second-order valence-electron chi connectivity index (χ2n) is 6.89. The van der Waals surface area contributed by atoms with Gasteiger partial charge in [-0.2, -0.15) is 0 Å². The topological polar surface area (TPSA) is 68.3 Å². The summed E-state index contributed by atoms with van der Waals surface area (Å²) in [4.78, 5) is 28.6. The number of carbonyl (C=O) groups excluding carboxylic acids is 2. The number of ether oxygens (including phenoxy) is 1. The summed E-state index contributed by atoms with van der Waals surface area (Å²) in [6.07, 6.45) is 0.0848. The number of para-hydroxylation sites is 1. The molecule has 0 aliphatic heterocycles. The lowest BCUT2D eigenvalue weighted by Gasteiger charge is -2.06. The van der Waals surface area contributed by atoms with Gasteiger partial charge in [0.2, 0.25) is 5.91 Å². The lowest BCUT2D eigenvalue weighted by atomic mass is 10.1. The zero-order chi connectivity index (χ0) is 21.6. The number of aromatic nitrogens is 1. The summed E-state index contributed by atoms with van der Waals surface area (Å²) in [5.74, 6) is -0.184. The van der Waals surface area contributed by atoms with E-state index >= 15 is 0 Å². The fourth-order valence-electron chi connectivity index (χ4n) is 3.02. The quantitative estimate of drug-likeness (QED) is 0.446. The number of benzene rings is 3. The van der Waals surface area contributed by atoms with Crippen LogP contribution in [-0.2, 0) is 16.0 Å². The van der Waals surface area contributed by atoms with Gasteiger partial charge in [-0.25, -0.2) is 9.37 Å². The molecule has 0 atom stereocenters. The zero-order valence-corrected chi connectivity index (χ0v) is 17.3. The van der Waals surface area contributed by atoms with Crippen molar-refractivity contribution in [2.45, 2.75) is 6.42 Å². The van der Waals surface area contributed by atoms with Crippen LogP contribution in [0.4, 0.5) is 4.39 Å².